The van der Waals surface area contributed by atoms with Gasteiger partial charge in [0.1, 0.15) is 5.82 Å². The summed E-state index contributed by atoms with van der Waals surface area (Å²) in [6.45, 7) is 1.22. The van der Waals surface area contributed by atoms with Crippen molar-refractivity contribution < 1.29 is 9.18 Å². The van der Waals surface area contributed by atoms with Crippen LogP contribution in [0.15, 0.2) is 24.3 Å². The number of hydrogen-bond donors (Lipinski definition) is 1. The van der Waals surface area contributed by atoms with Crippen LogP contribution in [0.3, 0.4) is 0 Å². The molecule has 2 fully saturated rings. The molecule has 1 aliphatic heterocycles. The van der Waals surface area contributed by atoms with E-state index in [0.717, 1.165) is 31.2 Å². The van der Waals surface area contributed by atoms with Crippen molar-refractivity contribution in [3.05, 3.63) is 35.6 Å². The molecule has 1 unspecified atom stereocenters. The van der Waals surface area contributed by atoms with Gasteiger partial charge in [-0.25, -0.2) is 4.39 Å². The van der Waals surface area contributed by atoms with Crippen molar-refractivity contribution in [2.45, 2.75) is 43.6 Å². The minimum atomic E-state index is -0.217. The standard InChI is InChI=1S/C16H21FN2O/c17-14-6-2-1-5-13(14)16(7-3-4-8-16)11-19-10-12(18)9-15(19)20/h1-2,5-6,12H,3-4,7-11,18H2. The van der Waals surface area contributed by atoms with Crippen molar-refractivity contribution in [2.24, 2.45) is 5.73 Å². The third kappa shape index (κ3) is 2.33. The average molecular weight is 276 g/mol. The molecule has 4 heteroatoms. The van der Waals surface area contributed by atoms with Crippen molar-refractivity contribution in [3.63, 3.8) is 0 Å². The van der Waals surface area contributed by atoms with Gasteiger partial charge in [0.25, 0.3) is 0 Å². The third-order valence-electron chi connectivity index (χ3n) is 4.74. The largest absolute Gasteiger partial charge is 0.340 e. The molecule has 3 rings (SSSR count). The van der Waals surface area contributed by atoms with Crippen LogP contribution in [0.5, 0.6) is 0 Å². The van der Waals surface area contributed by atoms with E-state index < -0.39 is 0 Å². The number of nitrogens with zero attached hydrogens (tertiary/aromatic N) is 1. The molecule has 20 heavy (non-hydrogen) atoms. The predicted octanol–water partition coefficient (Wildman–Crippen LogP) is 2.20. The number of halogens is 1. The minimum Gasteiger partial charge on any atom is -0.340 e. The number of carbonyl (C=O) groups excluding carboxylic acids is 1. The van der Waals surface area contributed by atoms with Gasteiger partial charge < -0.3 is 10.6 Å². The molecule has 0 bridgehead atoms. The molecule has 1 aromatic carbocycles. The highest BCUT2D eigenvalue weighted by atomic mass is 19.1. The fraction of sp³-hybridized carbons (Fsp3) is 0.562. The summed E-state index contributed by atoms with van der Waals surface area (Å²) in [7, 11) is 0. The zero-order valence-corrected chi connectivity index (χ0v) is 11.6. The summed E-state index contributed by atoms with van der Waals surface area (Å²) in [6.07, 6.45) is 4.53. The quantitative estimate of drug-likeness (QED) is 0.920. The average Bonchev–Trinajstić information content (AvgIpc) is 2.99. The van der Waals surface area contributed by atoms with Gasteiger partial charge in [-0.2, -0.15) is 0 Å². The number of carbonyl (C=O) groups is 1. The Balaban J connectivity index is 1.89. The van der Waals surface area contributed by atoms with E-state index in [2.05, 4.69) is 0 Å². The Morgan fingerprint density at radius 3 is 2.60 bits per heavy atom. The SMILES string of the molecule is NC1CC(=O)N(CC2(c3ccccc3F)CCCC2)C1. The van der Waals surface area contributed by atoms with E-state index in [1.807, 2.05) is 17.0 Å². The third-order valence-corrected chi connectivity index (χ3v) is 4.74. The van der Waals surface area contributed by atoms with Gasteiger partial charge in [0.05, 0.1) is 0 Å². The Morgan fingerprint density at radius 1 is 1.30 bits per heavy atom. The van der Waals surface area contributed by atoms with E-state index in [9.17, 15) is 9.18 Å². The molecule has 1 aliphatic carbocycles. The molecular weight excluding hydrogens is 255 g/mol. The highest BCUT2D eigenvalue weighted by Gasteiger charge is 2.41. The fourth-order valence-electron chi connectivity index (χ4n) is 3.78. The Bertz CT molecular complexity index is 511. The zero-order chi connectivity index (χ0) is 14.2. The first-order chi connectivity index (χ1) is 9.61. The van der Waals surface area contributed by atoms with Crippen LogP contribution in [0, 0.1) is 5.82 Å². The van der Waals surface area contributed by atoms with Crippen LogP contribution in [0.4, 0.5) is 4.39 Å². The highest BCUT2D eigenvalue weighted by Crippen LogP contribution is 2.43. The van der Waals surface area contributed by atoms with Crippen LogP contribution in [0.25, 0.3) is 0 Å². The molecule has 1 aromatic rings. The van der Waals surface area contributed by atoms with Gasteiger partial charge in [0.2, 0.25) is 5.91 Å². The van der Waals surface area contributed by atoms with Crippen LogP contribution in [0.1, 0.15) is 37.7 Å². The van der Waals surface area contributed by atoms with Crippen LogP contribution in [-0.4, -0.2) is 29.9 Å². The first-order valence-corrected chi connectivity index (χ1v) is 7.39. The number of benzene rings is 1. The van der Waals surface area contributed by atoms with Crippen LogP contribution in [-0.2, 0) is 10.2 Å². The van der Waals surface area contributed by atoms with E-state index in [1.165, 1.54) is 6.07 Å². The van der Waals surface area contributed by atoms with E-state index in [0.29, 0.717) is 19.5 Å². The Kier molecular flexibility index (Phi) is 3.50. The summed E-state index contributed by atoms with van der Waals surface area (Å²) < 4.78 is 14.2. The topological polar surface area (TPSA) is 46.3 Å². The lowest BCUT2D eigenvalue weighted by Crippen LogP contribution is -2.41. The molecule has 3 nitrogen and oxygen atoms in total. The van der Waals surface area contributed by atoms with Crippen molar-refractivity contribution in [1.82, 2.24) is 4.90 Å². The van der Waals surface area contributed by atoms with Gasteiger partial charge in [0.15, 0.2) is 0 Å². The minimum absolute atomic E-state index is 0.0680. The van der Waals surface area contributed by atoms with Gasteiger partial charge >= 0.3 is 0 Å². The molecule has 1 saturated carbocycles. The van der Waals surface area contributed by atoms with E-state index in [1.54, 1.807) is 6.07 Å². The van der Waals surface area contributed by atoms with E-state index >= 15 is 0 Å². The number of nitrogens with two attached hydrogens (primary N) is 1. The molecule has 2 aliphatic rings. The maximum absolute atomic E-state index is 14.2. The molecule has 108 valence electrons. The van der Waals surface area contributed by atoms with Gasteiger partial charge in [0, 0.05) is 31.0 Å². The van der Waals surface area contributed by atoms with Gasteiger partial charge in [-0.3, -0.25) is 4.79 Å². The lowest BCUT2D eigenvalue weighted by Gasteiger charge is -2.34. The predicted molar refractivity (Wildman–Crippen MR) is 75.7 cm³/mol. The van der Waals surface area contributed by atoms with Crippen molar-refractivity contribution in [1.29, 1.82) is 0 Å². The zero-order valence-electron chi connectivity index (χ0n) is 11.6. The molecule has 0 aromatic heterocycles. The van der Waals surface area contributed by atoms with E-state index in [-0.39, 0.29) is 23.2 Å². The van der Waals surface area contributed by atoms with Crippen LogP contribution >= 0.6 is 0 Å². The van der Waals surface area contributed by atoms with Gasteiger partial charge in [-0.1, -0.05) is 31.0 Å². The monoisotopic (exact) mass is 276 g/mol. The van der Waals surface area contributed by atoms with Gasteiger partial charge in [-0.15, -0.1) is 0 Å². The lowest BCUT2D eigenvalue weighted by molar-refractivity contribution is -0.128. The molecular formula is C16H21FN2O. The number of rotatable bonds is 3. The smallest absolute Gasteiger partial charge is 0.224 e. The van der Waals surface area contributed by atoms with Crippen molar-refractivity contribution >= 4 is 5.91 Å². The molecule has 1 atom stereocenters. The maximum Gasteiger partial charge on any atom is 0.224 e. The molecule has 1 amide bonds. The summed E-state index contributed by atoms with van der Waals surface area (Å²) in [4.78, 5) is 13.8. The lowest BCUT2D eigenvalue weighted by atomic mass is 9.78. The summed E-state index contributed by atoms with van der Waals surface area (Å²) in [5.41, 5.74) is 6.42. The number of likely N-dealkylation sites (tertiary alicyclic amines) is 1. The Labute approximate surface area is 118 Å². The fourth-order valence-corrected chi connectivity index (χ4v) is 3.78. The van der Waals surface area contributed by atoms with Crippen LogP contribution < -0.4 is 5.73 Å². The second-order valence-electron chi connectivity index (χ2n) is 6.21. The molecule has 1 heterocycles. The summed E-state index contributed by atoms with van der Waals surface area (Å²) in [5.74, 6) is -0.0366. The van der Waals surface area contributed by atoms with Crippen molar-refractivity contribution in [2.75, 3.05) is 13.1 Å². The normalized spacial score (nSPS) is 25.4. The molecule has 0 spiro atoms. The maximum atomic E-state index is 14.2. The Hall–Kier alpha value is -1.42. The summed E-state index contributed by atoms with van der Waals surface area (Å²) >= 11 is 0. The second-order valence-corrected chi connectivity index (χ2v) is 6.21. The van der Waals surface area contributed by atoms with Gasteiger partial charge in [-0.05, 0) is 24.5 Å². The number of hydrogen-bond acceptors (Lipinski definition) is 2. The van der Waals surface area contributed by atoms with E-state index in [4.69, 9.17) is 5.73 Å². The first kappa shape index (κ1) is 13.6. The summed E-state index contributed by atoms with van der Waals surface area (Å²) in [5, 5.41) is 0. The Morgan fingerprint density at radius 2 is 2.00 bits per heavy atom. The van der Waals surface area contributed by atoms with Crippen LogP contribution in [0.2, 0.25) is 0 Å². The summed E-state index contributed by atoms with van der Waals surface area (Å²) in [6, 6.07) is 6.93. The number of amides is 1. The van der Waals surface area contributed by atoms with Crippen molar-refractivity contribution in [3.8, 4) is 0 Å². The molecule has 0 radical (unpaired) electrons. The molecule has 1 saturated heterocycles. The first-order valence-electron chi connectivity index (χ1n) is 7.39. The molecule has 2 N–H and O–H groups in total. The highest BCUT2D eigenvalue weighted by molar-refractivity contribution is 5.79. The second kappa shape index (κ2) is 5.17.